The van der Waals surface area contributed by atoms with Gasteiger partial charge in [-0.3, -0.25) is 0 Å². The van der Waals surface area contributed by atoms with Crippen LogP contribution in [0.2, 0.25) is 0 Å². The predicted octanol–water partition coefficient (Wildman–Crippen LogP) is 4.48. The molecule has 0 spiro atoms. The summed E-state index contributed by atoms with van der Waals surface area (Å²) in [7, 11) is 0. The molecule has 2 aromatic rings. The molecule has 1 nitrogen and oxygen atoms in total. The summed E-state index contributed by atoms with van der Waals surface area (Å²) in [6.45, 7) is 4.89. The first-order chi connectivity index (χ1) is 10.1. The lowest BCUT2D eigenvalue weighted by Gasteiger charge is -2.11. The van der Waals surface area contributed by atoms with Crippen molar-refractivity contribution < 1.29 is 4.39 Å². The van der Waals surface area contributed by atoms with Gasteiger partial charge in [-0.25, -0.2) is 4.39 Å². The van der Waals surface area contributed by atoms with E-state index in [2.05, 4.69) is 37.4 Å². The van der Waals surface area contributed by atoms with Crippen molar-refractivity contribution in [2.45, 2.75) is 45.7 Å². The summed E-state index contributed by atoms with van der Waals surface area (Å²) in [5.74, 6) is -0.129. The Morgan fingerprint density at radius 3 is 2.62 bits per heavy atom. The molecular formula is C19H22FN. The smallest absolute Gasteiger partial charge is 0.131 e. The van der Waals surface area contributed by atoms with E-state index in [1.54, 1.807) is 6.07 Å². The highest BCUT2D eigenvalue weighted by Crippen LogP contribution is 2.29. The molecule has 0 heterocycles. The molecule has 3 rings (SSSR count). The number of halogens is 1. The molecule has 110 valence electrons. The zero-order chi connectivity index (χ0) is 14.8. The van der Waals surface area contributed by atoms with Gasteiger partial charge in [0.1, 0.15) is 5.82 Å². The number of aryl methyl sites for hydroxylation is 2. The first-order valence-electron chi connectivity index (χ1n) is 7.77. The fourth-order valence-electron chi connectivity index (χ4n) is 2.96. The van der Waals surface area contributed by atoms with Crippen LogP contribution in [-0.4, -0.2) is 6.04 Å². The molecule has 0 bridgehead atoms. The molecular weight excluding hydrogens is 261 g/mol. The Hall–Kier alpha value is -1.67. The van der Waals surface area contributed by atoms with Gasteiger partial charge in [-0.05, 0) is 47.6 Å². The maximum absolute atomic E-state index is 14.4. The van der Waals surface area contributed by atoms with Crippen LogP contribution in [0, 0.1) is 5.82 Å². The molecule has 1 aliphatic rings. The molecule has 0 aliphatic heterocycles. The lowest BCUT2D eigenvalue weighted by Crippen LogP contribution is -2.21. The van der Waals surface area contributed by atoms with Crippen molar-refractivity contribution in [3.63, 3.8) is 0 Å². The van der Waals surface area contributed by atoms with E-state index in [-0.39, 0.29) is 5.82 Å². The molecule has 0 amide bonds. The molecule has 0 atom stereocenters. The van der Waals surface area contributed by atoms with Gasteiger partial charge in [-0.15, -0.1) is 0 Å². The minimum atomic E-state index is -0.129. The highest BCUT2D eigenvalue weighted by Gasteiger charge is 2.13. The second-order valence-electron chi connectivity index (χ2n) is 6.19. The molecule has 0 fully saturated rings. The highest BCUT2D eigenvalue weighted by atomic mass is 19.1. The highest BCUT2D eigenvalue weighted by molar-refractivity contribution is 5.66. The first-order valence-corrected chi connectivity index (χ1v) is 7.77. The third-order valence-electron chi connectivity index (χ3n) is 4.16. The minimum absolute atomic E-state index is 0.129. The van der Waals surface area contributed by atoms with Crippen molar-refractivity contribution in [3.05, 3.63) is 58.9 Å². The van der Waals surface area contributed by atoms with Crippen molar-refractivity contribution in [2.24, 2.45) is 0 Å². The lowest BCUT2D eigenvalue weighted by atomic mass is 9.99. The van der Waals surface area contributed by atoms with E-state index in [9.17, 15) is 4.39 Å². The van der Waals surface area contributed by atoms with E-state index in [0.717, 1.165) is 24.0 Å². The molecule has 0 saturated carbocycles. The van der Waals surface area contributed by atoms with E-state index in [1.165, 1.54) is 17.5 Å². The second kappa shape index (κ2) is 5.98. The Balaban J connectivity index is 1.85. The Kier molecular flexibility index (Phi) is 4.07. The van der Waals surface area contributed by atoms with E-state index in [1.807, 2.05) is 12.1 Å². The van der Waals surface area contributed by atoms with Crippen molar-refractivity contribution in [1.82, 2.24) is 5.32 Å². The molecule has 0 unspecified atom stereocenters. The molecule has 0 saturated heterocycles. The quantitative estimate of drug-likeness (QED) is 0.872. The molecule has 2 aromatic carbocycles. The first kappa shape index (κ1) is 14.3. The van der Waals surface area contributed by atoms with Crippen LogP contribution in [0.3, 0.4) is 0 Å². The van der Waals surface area contributed by atoms with Crippen LogP contribution in [0.4, 0.5) is 4.39 Å². The summed E-state index contributed by atoms with van der Waals surface area (Å²) >= 11 is 0. The Morgan fingerprint density at radius 2 is 1.86 bits per heavy atom. The largest absolute Gasteiger partial charge is 0.310 e. The van der Waals surface area contributed by atoms with Crippen LogP contribution < -0.4 is 5.32 Å². The van der Waals surface area contributed by atoms with E-state index >= 15 is 0 Å². The van der Waals surface area contributed by atoms with Gasteiger partial charge in [0, 0.05) is 18.2 Å². The standard InChI is InChI=1S/C19H22FN/c1-13(2)21-12-14-6-9-18(19(20)10-14)17-8-7-15-4-3-5-16(15)11-17/h6-11,13,21H,3-5,12H2,1-2H3. The third-order valence-corrected chi connectivity index (χ3v) is 4.16. The number of nitrogens with one attached hydrogen (secondary N) is 1. The number of hydrogen-bond donors (Lipinski definition) is 1. The van der Waals surface area contributed by atoms with Crippen LogP contribution in [0.1, 0.15) is 37.0 Å². The lowest BCUT2D eigenvalue weighted by molar-refractivity contribution is 0.582. The summed E-state index contributed by atoms with van der Waals surface area (Å²) in [6, 6.07) is 12.3. The monoisotopic (exact) mass is 283 g/mol. The maximum atomic E-state index is 14.4. The van der Waals surface area contributed by atoms with Crippen LogP contribution >= 0.6 is 0 Å². The normalized spacial score (nSPS) is 13.7. The summed E-state index contributed by atoms with van der Waals surface area (Å²) < 4.78 is 14.4. The van der Waals surface area contributed by atoms with Crippen LogP contribution in [0.15, 0.2) is 36.4 Å². The maximum Gasteiger partial charge on any atom is 0.131 e. The molecule has 1 N–H and O–H groups in total. The Labute approximate surface area is 126 Å². The average Bonchev–Trinajstić information content (AvgIpc) is 2.92. The molecule has 2 heteroatoms. The van der Waals surface area contributed by atoms with Gasteiger partial charge in [-0.1, -0.05) is 44.2 Å². The molecule has 0 radical (unpaired) electrons. The Bertz CT molecular complexity index is 646. The average molecular weight is 283 g/mol. The van der Waals surface area contributed by atoms with E-state index < -0.39 is 0 Å². The van der Waals surface area contributed by atoms with Gasteiger partial charge >= 0.3 is 0 Å². The van der Waals surface area contributed by atoms with Gasteiger partial charge < -0.3 is 5.32 Å². The van der Waals surface area contributed by atoms with Crippen molar-refractivity contribution in [3.8, 4) is 11.1 Å². The molecule has 0 aromatic heterocycles. The topological polar surface area (TPSA) is 12.0 Å². The van der Waals surface area contributed by atoms with E-state index in [0.29, 0.717) is 18.2 Å². The summed E-state index contributed by atoms with van der Waals surface area (Å²) in [4.78, 5) is 0. The third kappa shape index (κ3) is 3.16. The SMILES string of the molecule is CC(C)NCc1ccc(-c2ccc3c(c2)CCC3)c(F)c1. The van der Waals surface area contributed by atoms with Gasteiger partial charge in [0.2, 0.25) is 0 Å². The predicted molar refractivity (Wildman–Crippen MR) is 85.8 cm³/mol. The number of rotatable bonds is 4. The van der Waals surface area contributed by atoms with Gasteiger partial charge in [0.15, 0.2) is 0 Å². The van der Waals surface area contributed by atoms with Crippen molar-refractivity contribution in [1.29, 1.82) is 0 Å². The number of hydrogen-bond acceptors (Lipinski definition) is 1. The van der Waals surface area contributed by atoms with Crippen molar-refractivity contribution >= 4 is 0 Å². The fourth-order valence-corrected chi connectivity index (χ4v) is 2.96. The number of fused-ring (bicyclic) bond motifs is 1. The van der Waals surface area contributed by atoms with Crippen LogP contribution in [0.5, 0.6) is 0 Å². The van der Waals surface area contributed by atoms with Gasteiger partial charge in [-0.2, -0.15) is 0 Å². The summed E-state index contributed by atoms with van der Waals surface area (Å²) in [5, 5.41) is 3.32. The van der Waals surface area contributed by atoms with Gasteiger partial charge in [0.05, 0.1) is 0 Å². The zero-order valence-corrected chi connectivity index (χ0v) is 12.7. The molecule has 1 aliphatic carbocycles. The second-order valence-corrected chi connectivity index (χ2v) is 6.19. The van der Waals surface area contributed by atoms with Gasteiger partial charge in [0.25, 0.3) is 0 Å². The minimum Gasteiger partial charge on any atom is -0.310 e. The fraction of sp³-hybridized carbons (Fsp3) is 0.368. The number of benzene rings is 2. The Morgan fingerprint density at radius 1 is 1.05 bits per heavy atom. The van der Waals surface area contributed by atoms with Crippen LogP contribution in [0.25, 0.3) is 11.1 Å². The zero-order valence-electron chi connectivity index (χ0n) is 12.7. The van der Waals surface area contributed by atoms with Crippen molar-refractivity contribution in [2.75, 3.05) is 0 Å². The van der Waals surface area contributed by atoms with E-state index in [4.69, 9.17) is 0 Å². The molecule has 21 heavy (non-hydrogen) atoms. The summed E-state index contributed by atoms with van der Waals surface area (Å²) in [6.07, 6.45) is 3.51. The summed E-state index contributed by atoms with van der Waals surface area (Å²) in [5.41, 5.74) is 5.51. The van der Waals surface area contributed by atoms with Crippen LogP contribution in [-0.2, 0) is 19.4 Å².